The van der Waals surface area contributed by atoms with Gasteiger partial charge in [0, 0.05) is 24.0 Å². The first-order chi connectivity index (χ1) is 16.1. The summed E-state index contributed by atoms with van der Waals surface area (Å²) in [5.74, 6) is -5.12. The van der Waals surface area contributed by atoms with Crippen LogP contribution in [0.2, 0.25) is 0 Å². The Bertz CT molecular complexity index is 1080. The fourth-order valence-electron chi connectivity index (χ4n) is 3.52. The molecular formula is C25H23F3O6. The van der Waals surface area contributed by atoms with Gasteiger partial charge in [-0.15, -0.1) is 0 Å². The molecule has 2 atom stereocenters. The maximum Gasteiger partial charge on any atom is 0.491 e. The van der Waals surface area contributed by atoms with Crippen molar-refractivity contribution < 1.29 is 42.4 Å². The van der Waals surface area contributed by atoms with E-state index >= 15 is 0 Å². The van der Waals surface area contributed by atoms with Crippen LogP contribution in [0.4, 0.5) is 13.2 Å². The Morgan fingerprint density at radius 3 is 2.50 bits per heavy atom. The molecule has 34 heavy (non-hydrogen) atoms. The number of fused-ring (bicyclic) bond motifs is 1. The molecule has 6 nitrogen and oxygen atoms in total. The van der Waals surface area contributed by atoms with Crippen LogP contribution in [0.15, 0.2) is 66.5 Å². The van der Waals surface area contributed by atoms with Crippen LogP contribution in [0.1, 0.15) is 41.6 Å². The van der Waals surface area contributed by atoms with Gasteiger partial charge in [-0.25, -0.2) is 9.59 Å². The van der Waals surface area contributed by atoms with Crippen LogP contribution in [0.3, 0.4) is 0 Å². The van der Waals surface area contributed by atoms with Gasteiger partial charge in [-0.1, -0.05) is 42.5 Å². The molecule has 1 heterocycles. The highest BCUT2D eigenvalue weighted by molar-refractivity contribution is 5.97. The Hall–Kier alpha value is -3.75. The summed E-state index contributed by atoms with van der Waals surface area (Å²) in [6.45, 7) is 0. The first-order valence-corrected chi connectivity index (χ1v) is 10.6. The van der Waals surface area contributed by atoms with Crippen LogP contribution in [0, 0.1) is 5.92 Å². The van der Waals surface area contributed by atoms with Crippen LogP contribution in [-0.2, 0) is 14.3 Å². The van der Waals surface area contributed by atoms with E-state index in [1.54, 1.807) is 0 Å². The number of hydrogen-bond donors (Lipinski definition) is 2. The quantitative estimate of drug-likeness (QED) is 0.433. The second kappa shape index (κ2) is 10.9. The van der Waals surface area contributed by atoms with Crippen LogP contribution < -0.4 is 0 Å². The molecule has 1 unspecified atom stereocenters. The third-order valence-corrected chi connectivity index (χ3v) is 5.14. The van der Waals surface area contributed by atoms with E-state index in [9.17, 15) is 33.0 Å². The van der Waals surface area contributed by atoms with Crippen molar-refractivity contribution in [2.45, 2.75) is 38.0 Å². The number of hydrogen-bond acceptors (Lipinski definition) is 6. The minimum atomic E-state index is -5.24. The molecule has 0 spiro atoms. The number of carbonyl (C=O) groups is 2. The number of allylic oxidation sites excluding steroid dienone is 6. The van der Waals surface area contributed by atoms with E-state index in [1.807, 2.05) is 36.5 Å². The summed E-state index contributed by atoms with van der Waals surface area (Å²) in [7, 11) is 0. The molecule has 1 aliphatic heterocycles. The van der Waals surface area contributed by atoms with Crippen molar-refractivity contribution in [2.75, 3.05) is 0 Å². The standard InChI is InChI=1S/C25H23F3O6/c26-25(27,28)24(32)33-19-11-7-2-1-3-8-12-21(16-9-5-4-6-10-16)34-23(31)22-17(14-19)13-18(29)15-20(22)30/h3-9,11,13-16,21,29-30H,1-2,10,12H2/b8-3+,11-7+,19-14-/t16?,21-/m1/s1. The van der Waals surface area contributed by atoms with Gasteiger partial charge in [-0.05, 0) is 37.5 Å². The molecule has 0 amide bonds. The van der Waals surface area contributed by atoms with E-state index in [0.717, 1.165) is 24.3 Å². The van der Waals surface area contributed by atoms with Gasteiger partial charge in [0.05, 0.1) is 0 Å². The average molecular weight is 476 g/mol. The summed E-state index contributed by atoms with van der Waals surface area (Å²) >= 11 is 0. The van der Waals surface area contributed by atoms with Gasteiger partial charge in [-0.3, -0.25) is 0 Å². The van der Waals surface area contributed by atoms with Gasteiger partial charge >= 0.3 is 18.1 Å². The smallest absolute Gasteiger partial charge is 0.491 e. The zero-order valence-electron chi connectivity index (χ0n) is 18.0. The second-order valence-corrected chi connectivity index (χ2v) is 7.71. The number of aromatic hydroxyl groups is 2. The Morgan fingerprint density at radius 1 is 1.03 bits per heavy atom. The van der Waals surface area contributed by atoms with Gasteiger partial charge in [0.25, 0.3) is 0 Å². The first kappa shape index (κ1) is 24.9. The fourth-order valence-corrected chi connectivity index (χ4v) is 3.52. The maximum atomic E-state index is 13.1. The van der Waals surface area contributed by atoms with Gasteiger partial charge in [0.1, 0.15) is 28.9 Å². The maximum absolute atomic E-state index is 13.1. The number of ether oxygens (including phenoxy) is 2. The highest BCUT2D eigenvalue weighted by Crippen LogP contribution is 2.32. The Labute approximate surface area is 194 Å². The predicted molar refractivity (Wildman–Crippen MR) is 118 cm³/mol. The van der Waals surface area contributed by atoms with Crippen molar-refractivity contribution in [3.8, 4) is 11.5 Å². The molecule has 0 saturated heterocycles. The van der Waals surface area contributed by atoms with Crippen molar-refractivity contribution >= 4 is 18.0 Å². The summed E-state index contributed by atoms with van der Waals surface area (Å²) in [5, 5.41) is 20.3. The Morgan fingerprint density at radius 2 is 1.79 bits per heavy atom. The number of esters is 2. The average Bonchev–Trinajstić information content (AvgIpc) is 2.76. The molecule has 0 aromatic heterocycles. The Kier molecular flexibility index (Phi) is 7.99. The summed E-state index contributed by atoms with van der Waals surface area (Å²) < 4.78 is 48.4. The molecule has 2 aliphatic rings. The van der Waals surface area contributed by atoms with Crippen LogP contribution in [0.25, 0.3) is 6.08 Å². The zero-order chi connectivity index (χ0) is 24.7. The molecular weight excluding hydrogens is 453 g/mol. The highest BCUT2D eigenvalue weighted by Gasteiger charge is 2.41. The first-order valence-electron chi connectivity index (χ1n) is 10.6. The number of alkyl halides is 3. The van der Waals surface area contributed by atoms with Gasteiger partial charge < -0.3 is 19.7 Å². The van der Waals surface area contributed by atoms with Crippen LogP contribution in [-0.4, -0.2) is 34.4 Å². The molecule has 0 radical (unpaired) electrons. The largest absolute Gasteiger partial charge is 0.508 e. The monoisotopic (exact) mass is 476 g/mol. The van der Waals surface area contributed by atoms with Crippen LogP contribution in [0.5, 0.6) is 11.5 Å². The lowest BCUT2D eigenvalue weighted by Crippen LogP contribution is -2.26. The van der Waals surface area contributed by atoms with Gasteiger partial charge in [0.15, 0.2) is 0 Å². The van der Waals surface area contributed by atoms with E-state index in [-0.39, 0.29) is 17.0 Å². The minimum absolute atomic E-state index is 0.118. The topological polar surface area (TPSA) is 93.1 Å². The third kappa shape index (κ3) is 6.63. The number of benzene rings is 1. The highest BCUT2D eigenvalue weighted by atomic mass is 19.4. The van der Waals surface area contributed by atoms with Crippen LogP contribution >= 0.6 is 0 Å². The molecule has 180 valence electrons. The molecule has 9 heteroatoms. The van der Waals surface area contributed by atoms with E-state index in [1.165, 1.54) is 6.08 Å². The molecule has 3 rings (SSSR count). The zero-order valence-corrected chi connectivity index (χ0v) is 18.0. The van der Waals surface area contributed by atoms with E-state index in [4.69, 9.17) is 4.74 Å². The summed E-state index contributed by atoms with van der Waals surface area (Å²) in [6, 6.07) is 1.96. The molecule has 0 bridgehead atoms. The minimum Gasteiger partial charge on any atom is -0.508 e. The third-order valence-electron chi connectivity index (χ3n) is 5.14. The molecule has 1 aromatic carbocycles. The number of carbonyl (C=O) groups excluding carboxylic acids is 2. The van der Waals surface area contributed by atoms with Crippen molar-refractivity contribution in [3.05, 3.63) is 77.6 Å². The fraction of sp³-hybridized carbons (Fsp3) is 0.280. The lowest BCUT2D eigenvalue weighted by molar-refractivity contribution is -0.194. The van der Waals surface area contributed by atoms with Crippen molar-refractivity contribution in [2.24, 2.45) is 5.92 Å². The van der Waals surface area contributed by atoms with E-state index in [0.29, 0.717) is 25.7 Å². The number of halogens is 3. The lowest BCUT2D eigenvalue weighted by atomic mass is 9.92. The summed E-state index contributed by atoms with van der Waals surface area (Å²) in [5.41, 5.74) is -0.560. The summed E-state index contributed by atoms with van der Waals surface area (Å²) in [6.07, 6.45) is 11.1. The van der Waals surface area contributed by atoms with Crippen molar-refractivity contribution in [1.29, 1.82) is 0 Å². The van der Waals surface area contributed by atoms with E-state index in [2.05, 4.69) is 4.74 Å². The Balaban J connectivity index is 2.05. The predicted octanol–water partition coefficient (Wildman–Crippen LogP) is 5.50. The second-order valence-electron chi connectivity index (χ2n) is 7.71. The molecule has 1 aromatic rings. The summed E-state index contributed by atoms with van der Waals surface area (Å²) in [4.78, 5) is 24.5. The number of phenolic OH excluding ortho intramolecular Hbond substituents is 2. The molecule has 1 aliphatic carbocycles. The number of phenols is 2. The van der Waals surface area contributed by atoms with Gasteiger partial charge in [-0.2, -0.15) is 13.2 Å². The SMILES string of the molecule is O=C1O[C@@H](C2C=CC=CC2)C/C=C/CC/C=C/C(OC(=O)C(F)(F)F)=C/c2cc(O)cc(O)c21. The normalized spacial score (nSPS) is 24.7. The van der Waals surface area contributed by atoms with E-state index < -0.39 is 41.5 Å². The van der Waals surface area contributed by atoms with Crippen molar-refractivity contribution in [1.82, 2.24) is 0 Å². The van der Waals surface area contributed by atoms with Gasteiger partial charge in [0.2, 0.25) is 0 Å². The lowest BCUT2D eigenvalue weighted by Gasteiger charge is -2.25. The molecule has 0 fully saturated rings. The number of cyclic esters (lactones) is 1. The van der Waals surface area contributed by atoms with Crippen molar-refractivity contribution in [3.63, 3.8) is 0 Å². The molecule has 0 saturated carbocycles. The number of rotatable bonds is 2. The molecule has 2 N–H and O–H groups in total.